The maximum atomic E-state index is 12.9. The van der Waals surface area contributed by atoms with Crippen molar-refractivity contribution in [1.29, 1.82) is 0 Å². The molecule has 5 nitrogen and oxygen atoms in total. The summed E-state index contributed by atoms with van der Waals surface area (Å²) in [5.74, 6) is 0.0356. The molecule has 0 N–H and O–H groups in total. The summed E-state index contributed by atoms with van der Waals surface area (Å²) in [4.78, 5) is 18.6. The number of halogens is 1. The van der Waals surface area contributed by atoms with Gasteiger partial charge in [0.1, 0.15) is 5.82 Å². The van der Waals surface area contributed by atoms with Crippen molar-refractivity contribution in [1.82, 2.24) is 14.5 Å². The van der Waals surface area contributed by atoms with E-state index in [2.05, 4.69) is 9.55 Å². The molecule has 0 saturated carbocycles. The van der Waals surface area contributed by atoms with Crippen LogP contribution in [0.3, 0.4) is 0 Å². The van der Waals surface area contributed by atoms with Gasteiger partial charge in [-0.1, -0.05) is 23.9 Å². The van der Waals surface area contributed by atoms with E-state index in [-0.39, 0.29) is 11.7 Å². The van der Waals surface area contributed by atoms with Crippen LogP contribution in [0.1, 0.15) is 17.0 Å². The van der Waals surface area contributed by atoms with Crippen LogP contribution in [0.4, 0.5) is 4.39 Å². The van der Waals surface area contributed by atoms with Crippen molar-refractivity contribution in [2.24, 2.45) is 0 Å². The first-order valence-electron chi connectivity index (χ1n) is 8.06. The summed E-state index contributed by atoms with van der Waals surface area (Å²) in [5.41, 5.74) is 2.95. The van der Waals surface area contributed by atoms with E-state index in [1.165, 1.54) is 23.9 Å². The van der Waals surface area contributed by atoms with Crippen LogP contribution in [-0.4, -0.2) is 46.9 Å². The minimum Gasteiger partial charge on any atom is -0.383 e. The largest absolute Gasteiger partial charge is 0.383 e. The smallest absolute Gasteiger partial charge is 0.233 e. The number of benzene rings is 1. The minimum atomic E-state index is -0.276. The van der Waals surface area contributed by atoms with E-state index in [1.807, 2.05) is 13.8 Å². The maximum absolute atomic E-state index is 12.9. The molecule has 2 aromatic rings. The van der Waals surface area contributed by atoms with Crippen LogP contribution < -0.4 is 0 Å². The van der Waals surface area contributed by atoms with Gasteiger partial charge in [0.15, 0.2) is 5.16 Å². The average Bonchev–Trinajstić information content (AvgIpc) is 2.86. The highest BCUT2D eigenvalue weighted by Crippen LogP contribution is 2.21. The molecule has 0 saturated heterocycles. The molecule has 1 aromatic carbocycles. The summed E-state index contributed by atoms with van der Waals surface area (Å²) in [5, 5.41) is 0.829. The molecular formula is C18H24FN3O2S. The number of imidazole rings is 1. The van der Waals surface area contributed by atoms with Gasteiger partial charge in [-0.2, -0.15) is 0 Å². The third-order valence-corrected chi connectivity index (χ3v) is 4.99. The second-order valence-corrected chi connectivity index (χ2v) is 6.82. The number of ether oxygens (including phenoxy) is 1. The second-order valence-electron chi connectivity index (χ2n) is 5.87. The van der Waals surface area contributed by atoms with Crippen molar-refractivity contribution in [2.75, 3.05) is 26.5 Å². The van der Waals surface area contributed by atoms with Gasteiger partial charge in [0, 0.05) is 32.9 Å². The second kappa shape index (κ2) is 9.01. The first-order chi connectivity index (χ1) is 11.9. The number of carbonyl (C=O) groups excluding carboxylic acids is 1. The number of aryl methyl sites for hydroxylation is 1. The van der Waals surface area contributed by atoms with Gasteiger partial charge in [-0.25, -0.2) is 9.37 Å². The Morgan fingerprint density at radius 2 is 2.00 bits per heavy atom. The van der Waals surface area contributed by atoms with Gasteiger partial charge in [-0.3, -0.25) is 4.79 Å². The molecule has 1 amide bonds. The number of methoxy groups -OCH3 is 1. The number of rotatable bonds is 8. The number of hydrogen-bond acceptors (Lipinski definition) is 4. The summed E-state index contributed by atoms with van der Waals surface area (Å²) in [6.45, 7) is 5.75. The quantitative estimate of drug-likeness (QED) is 0.675. The van der Waals surface area contributed by atoms with Gasteiger partial charge >= 0.3 is 0 Å². The summed E-state index contributed by atoms with van der Waals surface area (Å²) in [6, 6.07) is 6.19. The SMILES string of the molecule is COCCn1c(SCC(=O)N(C)Cc2ccc(F)cc2)nc(C)c1C. The van der Waals surface area contributed by atoms with Crippen LogP contribution in [0.2, 0.25) is 0 Å². The highest BCUT2D eigenvalue weighted by Gasteiger charge is 2.15. The van der Waals surface area contributed by atoms with Gasteiger partial charge in [0.25, 0.3) is 0 Å². The Bertz CT molecular complexity index is 716. The predicted molar refractivity (Wildman–Crippen MR) is 97.2 cm³/mol. The third-order valence-electron chi connectivity index (χ3n) is 4.03. The van der Waals surface area contributed by atoms with Gasteiger partial charge in [0.05, 0.1) is 18.1 Å². The Balaban J connectivity index is 1.94. The van der Waals surface area contributed by atoms with Crippen LogP contribution in [-0.2, 0) is 22.6 Å². The fourth-order valence-electron chi connectivity index (χ4n) is 2.37. The molecule has 0 spiro atoms. The van der Waals surface area contributed by atoms with Gasteiger partial charge in [0.2, 0.25) is 5.91 Å². The molecule has 0 aliphatic carbocycles. The first-order valence-corrected chi connectivity index (χ1v) is 9.04. The number of nitrogens with zero attached hydrogens (tertiary/aromatic N) is 3. The fourth-order valence-corrected chi connectivity index (χ4v) is 3.43. The topological polar surface area (TPSA) is 47.4 Å². The lowest BCUT2D eigenvalue weighted by atomic mass is 10.2. The highest BCUT2D eigenvalue weighted by molar-refractivity contribution is 7.99. The molecule has 2 rings (SSSR count). The molecule has 1 heterocycles. The van der Waals surface area contributed by atoms with E-state index >= 15 is 0 Å². The third kappa shape index (κ3) is 5.31. The zero-order chi connectivity index (χ0) is 18.4. The Labute approximate surface area is 152 Å². The molecule has 0 fully saturated rings. The Morgan fingerprint density at radius 1 is 1.32 bits per heavy atom. The zero-order valence-electron chi connectivity index (χ0n) is 15.1. The molecule has 0 atom stereocenters. The molecule has 1 aromatic heterocycles. The monoisotopic (exact) mass is 365 g/mol. The van der Waals surface area contributed by atoms with Gasteiger partial charge in [-0.05, 0) is 31.5 Å². The molecule has 0 aliphatic rings. The normalized spacial score (nSPS) is 10.9. The number of thioether (sulfide) groups is 1. The lowest BCUT2D eigenvalue weighted by Gasteiger charge is -2.17. The fraction of sp³-hybridized carbons (Fsp3) is 0.444. The lowest BCUT2D eigenvalue weighted by Crippen LogP contribution is -2.28. The van der Waals surface area contributed by atoms with Crippen molar-refractivity contribution in [2.45, 2.75) is 32.1 Å². The molecule has 0 radical (unpaired) electrons. The van der Waals surface area contributed by atoms with Crippen molar-refractivity contribution >= 4 is 17.7 Å². The van der Waals surface area contributed by atoms with Crippen molar-refractivity contribution in [3.05, 3.63) is 47.0 Å². The van der Waals surface area contributed by atoms with Crippen molar-refractivity contribution in [3.63, 3.8) is 0 Å². The van der Waals surface area contributed by atoms with Crippen LogP contribution in [0.25, 0.3) is 0 Å². The maximum Gasteiger partial charge on any atom is 0.233 e. The molecule has 136 valence electrons. The standard InChI is InChI=1S/C18H24FN3O2S/c1-13-14(2)22(9-10-24-4)18(20-13)25-12-17(23)21(3)11-15-5-7-16(19)8-6-15/h5-8H,9-12H2,1-4H3. The zero-order valence-corrected chi connectivity index (χ0v) is 15.9. The number of aromatic nitrogens is 2. The van der Waals surface area contributed by atoms with Crippen molar-refractivity contribution in [3.8, 4) is 0 Å². The van der Waals surface area contributed by atoms with E-state index < -0.39 is 0 Å². The molecule has 0 aliphatic heterocycles. The predicted octanol–water partition coefficient (Wildman–Crippen LogP) is 3.04. The lowest BCUT2D eigenvalue weighted by molar-refractivity contribution is -0.127. The Hall–Kier alpha value is -1.86. The molecular weight excluding hydrogens is 341 g/mol. The van der Waals surface area contributed by atoms with Gasteiger partial charge in [-0.15, -0.1) is 0 Å². The molecule has 0 unspecified atom stereocenters. The number of hydrogen-bond donors (Lipinski definition) is 0. The van der Waals surface area contributed by atoms with Crippen LogP contribution >= 0.6 is 11.8 Å². The number of carbonyl (C=O) groups is 1. The van der Waals surface area contributed by atoms with Gasteiger partial charge < -0.3 is 14.2 Å². The van der Waals surface area contributed by atoms with Crippen molar-refractivity contribution < 1.29 is 13.9 Å². The number of amides is 1. The molecule has 7 heteroatoms. The van der Waals surface area contributed by atoms with Crippen LogP contribution in [0.5, 0.6) is 0 Å². The van der Waals surface area contributed by atoms with E-state index in [4.69, 9.17) is 4.74 Å². The highest BCUT2D eigenvalue weighted by atomic mass is 32.2. The summed E-state index contributed by atoms with van der Waals surface area (Å²) in [6.07, 6.45) is 0. The molecule has 0 bridgehead atoms. The summed E-state index contributed by atoms with van der Waals surface area (Å²) >= 11 is 1.43. The minimum absolute atomic E-state index is 0.00548. The Kier molecular flexibility index (Phi) is 7.01. The van der Waals surface area contributed by atoms with E-state index in [0.29, 0.717) is 25.4 Å². The van der Waals surface area contributed by atoms with E-state index in [0.717, 1.165) is 22.1 Å². The van der Waals surface area contributed by atoms with E-state index in [9.17, 15) is 9.18 Å². The Morgan fingerprint density at radius 3 is 2.64 bits per heavy atom. The molecule has 25 heavy (non-hydrogen) atoms. The van der Waals surface area contributed by atoms with Crippen LogP contribution in [0.15, 0.2) is 29.4 Å². The average molecular weight is 365 g/mol. The first kappa shape index (κ1) is 19.5. The van der Waals surface area contributed by atoms with Crippen LogP contribution in [0, 0.1) is 19.7 Å². The summed E-state index contributed by atoms with van der Waals surface area (Å²) in [7, 11) is 3.42. The summed E-state index contributed by atoms with van der Waals surface area (Å²) < 4.78 is 20.2. The van der Waals surface area contributed by atoms with E-state index in [1.54, 1.807) is 31.2 Å².